The van der Waals surface area contributed by atoms with Crippen molar-refractivity contribution in [3.05, 3.63) is 11.8 Å². The zero-order valence-electron chi connectivity index (χ0n) is 14.0. The predicted molar refractivity (Wildman–Crippen MR) is 92.8 cm³/mol. The third-order valence-electron chi connectivity index (χ3n) is 3.52. The minimum atomic E-state index is -5.69. The van der Waals surface area contributed by atoms with Gasteiger partial charge in [-0.3, -0.25) is 14.1 Å². The highest BCUT2D eigenvalue weighted by atomic mass is 32.2. The van der Waals surface area contributed by atoms with Crippen LogP contribution < -0.4 is 5.32 Å². The predicted octanol–water partition coefficient (Wildman–Crippen LogP) is -1.49. The number of hydrogen-bond acceptors (Lipinski definition) is 11. The fourth-order valence-corrected chi connectivity index (χ4v) is 7.05. The van der Waals surface area contributed by atoms with Crippen LogP contribution >= 0.6 is 35.2 Å². The maximum Gasteiger partial charge on any atom is 0.490 e. The van der Waals surface area contributed by atoms with Crippen LogP contribution in [0.3, 0.4) is 0 Å². The van der Waals surface area contributed by atoms with Gasteiger partial charge in [-0.05, 0) is 0 Å². The molecule has 29 heavy (non-hydrogen) atoms. The maximum atomic E-state index is 11.9. The van der Waals surface area contributed by atoms with E-state index in [1.165, 1.54) is 0 Å². The van der Waals surface area contributed by atoms with Crippen molar-refractivity contribution in [3.63, 3.8) is 0 Å². The van der Waals surface area contributed by atoms with Crippen LogP contribution in [0.1, 0.15) is 6.42 Å². The summed E-state index contributed by atoms with van der Waals surface area (Å²) in [6.45, 7) is -0.836. The van der Waals surface area contributed by atoms with E-state index in [0.29, 0.717) is 0 Å². The van der Waals surface area contributed by atoms with Crippen molar-refractivity contribution in [1.82, 2.24) is 5.32 Å². The number of hydrogen-bond donors (Lipinski definition) is 7. The molecule has 6 atom stereocenters. The van der Waals surface area contributed by atoms with Crippen molar-refractivity contribution in [2.75, 3.05) is 6.61 Å². The second-order valence-corrected chi connectivity index (χ2v) is 11.5. The summed E-state index contributed by atoms with van der Waals surface area (Å²) in [6, 6.07) is 0. The molecule has 1 fully saturated rings. The van der Waals surface area contributed by atoms with Gasteiger partial charge in [0.05, 0.1) is 35.7 Å². The number of carbonyl (C=O) groups is 2. The van der Waals surface area contributed by atoms with Crippen molar-refractivity contribution >= 4 is 46.9 Å². The maximum absolute atomic E-state index is 11.9. The summed E-state index contributed by atoms with van der Waals surface area (Å²) < 4.78 is 45.1. The van der Waals surface area contributed by atoms with Crippen LogP contribution in [0.5, 0.6) is 0 Å². The molecule has 2 unspecified atom stereocenters. The van der Waals surface area contributed by atoms with E-state index in [1.54, 1.807) is 0 Å². The normalized spacial score (nSPS) is 32.3. The molecule has 2 aliphatic rings. The molecule has 0 radical (unpaired) electrons. The Labute approximate surface area is 166 Å². The smallest absolute Gasteiger partial charge is 0.389 e. The van der Waals surface area contributed by atoms with Gasteiger partial charge in [-0.1, -0.05) is 0 Å². The van der Waals surface area contributed by atoms with Gasteiger partial charge in [0.15, 0.2) is 5.78 Å². The quantitative estimate of drug-likeness (QED) is 0.148. The van der Waals surface area contributed by atoms with Gasteiger partial charge in [-0.2, -0.15) is 8.62 Å². The Morgan fingerprint density at radius 1 is 1.03 bits per heavy atom. The highest BCUT2D eigenvalue weighted by molar-refractivity contribution is 8.01. The lowest BCUT2D eigenvalue weighted by Gasteiger charge is -2.20. The van der Waals surface area contributed by atoms with Crippen LogP contribution in [-0.4, -0.2) is 70.8 Å². The zero-order valence-corrected chi connectivity index (χ0v) is 17.5. The highest BCUT2D eigenvalue weighted by Gasteiger charge is 2.47. The molecule has 0 bridgehead atoms. The molecule has 7 N–H and O–H groups in total. The third kappa shape index (κ3) is 7.04. The summed E-state index contributed by atoms with van der Waals surface area (Å²) >= 11 is 0.767. The number of amides is 1. The van der Waals surface area contributed by atoms with E-state index in [1.807, 2.05) is 0 Å². The molecule has 0 saturated carbocycles. The molecule has 0 aromatic rings. The largest absolute Gasteiger partial charge is 0.490 e. The minimum Gasteiger partial charge on any atom is -0.389 e. The first-order valence-electron chi connectivity index (χ1n) is 7.43. The molecule has 2 rings (SSSR count). The van der Waals surface area contributed by atoms with Crippen LogP contribution in [0.25, 0.3) is 0 Å². The Hall–Kier alpha value is -0.440. The SMILES string of the molecule is O=C1CC(=O)C([C@@H]2S[C@H](COP(=O)(O)OP(=O)(O)OP(=O)(O)O)[C@@H](O)[C@H]2O)=CN1. The summed E-state index contributed by atoms with van der Waals surface area (Å²) in [7, 11) is -16.6. The fraction of sp³-hybridized carbons (Fsp3) is 0.600. The van der Waals surface area contributed by atoms with Crippen molar-refractivity contribution in [1.29, 1.82) is 0 Å². The van der Waals surface area contributed by atoms with E-state index >= 15 is 0 Å². The van der Waals surface area contributed by atoms with Gasteiger partial charge in [-0.15, -0.1) is 11.8 Å². The van der Waals surface area contributed by atoms with Gasteiger partial charge in [-0.25, -0.2) is 13.7 Å². The second kappa shape index (κ2) is 8.97. The molecule has 15 nitrogen and oxygen atoms in total. The van der Waals surface area contributed by atoms with E-state index in [2.05, 4.69) is 18.5 Å². The first-order chi connectivity index (χ1) is 13.1. The van der Waals surface area contributed by atoms with Gasteiger partial charge in [0.2, 0.25) is 5.91 Å². The van der Waals surface area contributed by atoms with Crippen molar-refractivity contribution in [2.24, 2.45) is 0 Å². The van der Waals surface area contributed by atoms with E-state index in [9.17, 15) is 38.4 Å². The molecule has 166 valence electrons. The number of thioether (sulfide) groups is 1. The Kier molecular flexibility index (Phi) is 7.68. The Bertz CT molecular complexity index is 855. The number of phosphoric ester groups is 1. The van der Waals surface area contributed by atoms with Crippen LogP contribution in [0.2, 0.25) is 0 Å². The molecular formula is C10H16NO14P3S. The van der Waals surface area contributed by atoms with Crippen LogP contribution in [0, 0.1) is 0 Å². The molecule has 19 heteroatoms. The Morgan fingerprint density at radius 3 is 2.21 bits per heavy atom. The van der Waals surface area contributed by atoms with E-state index in [4.69, 9.17) is 14.7 Å². The summed E-state index contributed by atoms with van der Waals surface area (Å²) in [4.78, 5) is 58.5. The Balaban J connectivity index is 2.01. The first-order valence-corrected chi connectivity index (χ1v) is 12.9. The highest BCUT2D eigenvalue weighted by Crippen LogP contribution is 2.66. The van der Waals surface area contributed by atoms with Crippen LogP contribution in [0.4, 0.5) is 0 Å². The summed E-state index contributed by atoms with van der Waals surface area (Å²) in [5.74, 6) is -1.15. The number of ketones is 1. The first kappa shape index (κ1) is 24.8. The lowest BCUT2D eigenvalue weighted by Crippen LogP contribution is -2.38. The number of aliphatic hydroxyl groups is 2. The number of aliphatic hydroxyl groups excluding tert-OH is 2. The summed E-state index contributed by atoms with van der Waals surface area (Å²) in [5.41, 5.74) is 0.00184. The fourth-order valence-electron chi connectivity index (χ4n) is 2.39. The van der Waals surface area contributed by atoms with Gasteiger partial charge in [0.25, 0.3) is 0 Å². The molecule has 1 amide bonds. The topological polar surface area (TPSA) is 246 Å². The Morgan fingerprint density at radius 2 is 1.66 bits per heavy atom. The van der Waals surface area contributed by atoms with E-state index < -0.39 is 70.9 Å². The molecule has 0 aliphatic carbocycles. The number of Topliss-reactive ketones (excluding diaryl/α,β-unsaturated/α-hetero) is 1. The van der Waals surface area contributed by atoms with Crippen LogP contribution in [0.15, 0.2) is 11.8 Å². The number of nitrogens with one attached hydrogen (secondary N) is 1. The number of carbonyl (C=O) groups excluding carboxylic acids is 2. The number of rotatable bonds is 8. The molecule has 2 heterocycles. The minimum absolute atomic E-state index is 0.00184. The van der Waals surface area contributed by atoms with Gasteiger partial charge in [0.1, 0.15) is 0 Å². The second-order valence-electron chi connectivity index (χ2n) is 5.73. The van der Waals surface area contributed by atoms with Crippen molar-refractivity contribution < 1.29 is 66.2 Å². The summed E-state index contributed by atoms with van der Waals surface area (Å²) in [6.07, 6.45) is -2.46. The molecule has 0 aromatic carbocycles. The zero-order chi connectivity index (χ0) is 22.2. The molecule has 2 aliphatic heterocycles. The molecule has 0 aromatic heterocycles. The lowest BCUT2D eigenvalue weighted by molar-refractivity contribution is -0.127. The average molecular weight is 499 g/mol. The summed E-state index contributed by atoms with van der Waals surface area (Å²) in [5, 5.41) is 20.3. The lowest BCUT2D eigenvalue weighted by atomic mass is 9.97. The van der Waals surface area contributed by atoms with Crippen molar-refractivity contribution in [3.8, 4) is 0 Å². The van der Waals surface area contributed by atoms with Crippen LogP contribution in [-0.2, 0) is 36.4 Å². The van der Waals surface area contributed by atoms with Gasteiger partial charge >= 0.3 is 23.5 Å². The van der Waals surface area contributed by atoms with Gasteiger partial charge < -0.3 is 35.1 Å². The van der Waals surface area contributed by atoms with Crippen molar-refractivity contribution in [2.45, 2.75) is 29.1 Å². The van der Waals surface area contributed by atoms with E-state index in [-0.39, 0.29) is 5.57 Å². The third-order valence-corrected chi connectivity index (χ3v) is 8.91. The van der Waals surface area contributed by atoms with E-state index in [0.717, 1.165) is 18.0 Å². The number of phosphoric acid groups is 3. The molecule has 1 saturated heterocycles. The molecule has 0 spiro atoms. The average Bonchev–Trinajstić information content (AvgIpc) is 2.78. The standard InChI is InChI=1S/C10H16NO14P3S/c12-5-1-7(13)11-2-4(5)10-9(15)8(14)6(29-10)3-23-27(19,20)25-28(21,22)24-26(16,17)18/h2,6,8-10,14-15H,1,3H2,(H,11,13)(H,19,20)(H,21,22)(H2,16,17,18)/t6-,8-,9-,10+/m1/s1. The van der Waals surface area contributed by atoms with Gasteiger partial charge in [0, 0.05) is 11.8 Å². The molecular weight excluding hydrogens is 483 g/mol. The monoisotopic (exact) mass is 499 g/mol.